The topological polar surface area (TPSA) is 71.0 Å². The molecule has 0 unspecified atom stereocenters. The third-order valence-corrected chi connectivity index (χ3v) is 6.13. The molecule has 0 aliphatic rings. The largest absolute Gasteiger partial charge is 0.458 e. The van der Waals surface area contributed by atoms with Crippen LogP contribution < -0.4 is 5.32 Å². The number of carbonyl (C=O) groups is 2. The van der Waals surface area contributed by atoms with Gasteiger partial charge in [-0.25, -0.2) is 19.0 Å². The summed E-state index contributed by atoms with van der Waals surface area (Å²) in [5.74, 6) is 5.01. The highest BCUT2D eigenvalue weighted by atomic mass is 19.1. The number of esters is 1. The molecule has 4 aromatic carbocycles. The molecule has 0 aliphatic carbocycles. The van der Waals surface area contributed by atoms with Gasteiger partial charge in [0.05, 0.1) is 5.71 Å². The number of hydrogen-bond donors (Lipinski definition) is 1. The molecule has 0 radical (unpaired) electrons. The van der Waals surface area contributed by atoms with E-state index in [0.29, 0.717) is 11.3 Å². The molecule has 0 aliphatic heterocycles. The summed E-state index contributed by atoms with van der Waals surface area (Å²) < 4.78 is 19.0. The third kappa shape index (κ3) is 9.68. The molecule has 218 valence electrons. The number of nitrogens with zero attached hydrogens (tertiary/aromatic N) is 2. The zero-order valence-corrected chi connectivity index (χ0v) is 24.5. The lowest BCUT2D eigenvalue weighted by molar-refractivity contribution is -0.157. The average Bonchev–Trinajstić information content (AvgIpc) is 3.00. The number of ether oxygens (including phenoxy) is 1. The lowest BCUT2D eigenvalue weighted by Crippen LogP contribution is -2.49. The molecule has 0 fully saturated rings. The molecule has 0 heterocycles. The highest BCUT2D eigenvalue weighted by molar-refractivity contribution is 6.13. The van der Waals surface area contributed by atoms with Crippen LogP contribution in [-0.4, -0.2) is 40.9 Å². The van der Waals surface area contributed by atoms with E-state index in [9.17, 15) is 14.0 Å². The Morgan fingerprint density at radius 2 is 1.37 bits per heavy atom. The van der Waals surface area contributed by atoms with Gasteiger partial charge in [-0.05, 0) is 50.6 Å². The summed E-state index contributed by atoms with van der Waals surface area (Å²) in [7, 11) is 0. The van der Waals surface area contributed by atoms with Crippen LogP contribution >= 0.6 is 0 Å². The van der Waals surface area contributed by atoms with Crippen LogP contribution in [0.3, 0.4) is 0 Å². The zero-order chi connectivity index (χ0) is 30.7. The van der Waals surface area contributed by atoms with Gasteiger partial charge in [0, 0.05) is 23.1 Å². The van der Waals surface area contributed by atoms with Crippen molar-refractivity contribution in [1.29, 1.82) is 0 Å². The van der Waals surface area contributed by atoms with Gasteiger partial charge in [0.25, 0.3) is 0 Å². The molecule has 0 bridgehead atoms. The average molecular weight is 576 g/mol. The predicted molar refractivity (Wildman–Crippen MR) is 167 cm³/mol. The Bertz CT molecular complexity index is 1550. The Balaban J connectivity index is 1.71. The molecule has 4 rings (SSSR count). The molecule has 1 N–H and O–H groups in total. The van der Waals surface area contributed by atoms with E-state index >= 15 is 0 Å². The molecule has 43 heavy (non-hydrogen) atoms. The number of urea groups is 1. The van der Waals surface area contributed by atoms with Crippen LogP contribution in [0, 0.1) is 17.7 Å². The first kappa shape index (κ1) is 30.7. The first-order chi connectivity index (χ1) is 20.7. The first-order valence-corrected chi connectivity index (χ1v) is 14.0. The number of hydrazone groups is 1. The molecule has 7 heteroatoms. The summed E-state index contributed by atoms with van der Waals surface area (Å²) in [6.45, 7) is 5.23. The summed E-state index contributed by atoms with van der Waals surface area (Å²) in [4.78, 5) is 27.1. The number of carbonyl (C=O) groups excluding carboxylic acids is 2. The fraction of sp³-hybridized carbons (Fsp3) is 0.194. The molecule has 0 saturated heterocycles. The van der Waals surface area contributed by atoms with Crippen LogP contribution in [0.4, 0.5) is 9.18 Å². The highest BCUT2D eigenvalue weighted by Gasteiger charge is 2.29. The molecule has 6 nitrogen and oxygen atoms in total. The number of amides is 2. The van der Waals surface area contributed by atoms with E-state index < -0.39 is 23.6 Å². The third-order valence-electron chi connectivity index (χ3n) is 6.13. The maximum absolute atomic E-state index is 13.9. The maximum Gasteiger partial charge on any atom is 0.339 e. The quantitative estimate of drug-likeness (QED) is 0.111. The number of halogens is 1. The van der Waals surface area contributed by atoms with Crippen molar-refractivity contribution in [2.45, 2.75) is 38.8 Å². The Kier molecular flexibility index (Phi) is 10.4. The van der Waals surface area contributed by atoms with Crippen LogP contribution in [0.1, 0.15) is 43.0 Å². The lowest BCUT2D eigenvalue weighted by Gasteiger charge is -2.26. The lowest BCUT2D eigenvalue weighted by atomic mass is 10.0. The van der Waals surface area contributed by atoms with Crippen LogP contribution in [-0.2, 0) is 16.0 Å². The van der Waals surface area contributed by atoms with Crippen LogP contribution in [0.5, 0.6) is 0 Å². The van der Waals surface area contributed by atoms with Crippen LogP contribution in [0.2, 0.25) is 0 Å². The van der Waals surface area contributed by atoms with E-state index in [0.717, 1.165) is 16.7 Å². The summed E-state index contributed by atoms with van der Waals surface area (Å²) >= 11 is 0. The maximum atomic E-state index is 13.9. The van der Waals surface area contributed by atoms with Crippen molar-refractivity contribution >= 4 is 17.7 Å². The van der Waals surface area contributed by atoms with E-state index in [1.807, 2.05) is 91.0 Å². The van der Waals surface area contributed by atoms with Crippen molar-refractivity contribution < 1.29 is 18.7 Å². The van der Waals surface area contributed by atoms with E-state index in [4.69, 9.17) is 9.84 Å². The standard InChI is InChI=1S/C36H34FN3O3/c1-36(2,3)43-34(41)32(26-28-14-7-4-8-15-28)38-35(42)40(25-13-16-27-21-23-31(37)24-22-27)39-33(29-17-9-5-10-18-29)30-19-11-6-12-20-30/h4-12,14-15,17-24,32H,25-26H2,1-3H3,(H,38,42)/t32-/m1/s1. The first-order valence-electron chi connectivity index (χ1n) is 14.0. The minimum Gasteiger partial charge on any atom is -0.458 e. The summed E-state index contributed by atoms with van der Waals surface area (Å²) in [5, 5.41) is 8.82. The van der Waals surface area contributed by atoms with E-state index in [-0.39, 0.29) is 18.8 Å². The fourth-order valence-electron chi connectivity index (χ4n) is 4.14. The van der Waals surface area contributed by atoms with Crippen molar-refractivity contribution in [1.82, 2.24) is 10.3 Å². The monoisotopic (exact) mass is 575 g/mol. The number of benzene rings is 4. The molecule has 0 saturated carbocycles. The van der Waals surface area contributed by atoms with Gasteiger partial charge in [-0.1, -0.05) is 103 Å². The molecule has 1 atom stereocenters. The second-order valence-electron chi connectivity index (χ2n) is 10.8. The smallest absolute Gasteiger partial charge is 0.339 e. The van der Waals surface area contributed by atoms with Gasteiger partial charge >= 0.3 is 12.0 Å². The number of nitrogens with one attached hydrogen (secondary N) is 1. The van der Waals surface area contributed by atoms with Gasteiger partial charge in [0.15, 0.2) is 0 Å². The second-order valence-corrected chi connectivity index (χ2v) is 10.8. The van der Waals surface area contributed by atoms with Gasteiger partial charge in [-0.3, -0.25) is 0 Å². The number of rotatable bonds is 8. The van der Waals surface area contributed by atoms with Crippen molar-refractivity contribution in [3.05, 3.63) is 143 Å². The van der Waals surface area contributed by atoms with Crippen molar-refractivity contribution in [3.8, 4) is 11.8 Å². The van der Waals surface area contributed by atoms with Crippen molar-refractivity contribution in [2.24, 2.45) is 5.10 Å². The minimum atomic E-state index is -0.978. The SMILES string of the molecule is CC(C)(C)OC(=O)[C@@H](Cc1ccccc1)NC(=O)N(CC#Cc1ccc(F)cc1)N=C(c1ccccc1)c1ccccc1. The molecule has 2 amide bonds. The molecule has 0 spiro atoms. The Hall–Kier alpha value is -5.22. The molecular formula is C36H34FN3O3. The Labute approximate surface area is 252 Å². The number of hydrogen-bond acceptors (Lipinski definition) is 4. The molecule has 0 aromatic heterocycles. The van der Waals surface area contributed by atoms with Crippen LogP contribution in [0.25, 0.3) is 0 Å². The highest BCUT2D eigenvalue weighted by Crippen LogP contribution is 2.15. The van der Waals surface area contributed by atoms with Gasteiger partial charge < -0.3 is 10.1 Å². The Morgan fingerprint density at radius 1 is 0.837 bits per heavy atom. The summed E-state index contributed by atoms with van der Waals surface area (Å²) in [5.41, 5.74) is 2.85. The minimum absolute atomic E-state index is 0.0985. The second kappa shape index (κ2) is 14.6. The van der Waals surface area contributed by atoms with Gasteiger partial charge in [0.1, 0.15) is 24.0 Å². The fourth-order valence-corrected chi connectivity index (χ4v) is 4.14. The van der Waals surface area contributed by atoms with Crippen molar-refractivity contribution in [3.63, 3.8) is 0 Å². The summed E-state index contributed by atoms with van der Waals surface area (Å²) in [6, 6.07) is 32.6. The normalized spacial score (nSPS) is 11.3. The van der Waals surface area contributed by atoms with E-state index in [1.54, 1.807) is 32.9 Å². The Morgan fingerprint density at radius 3 is 1.91 bits per heavy atom. The van der Waals surface area contributed by atoms with E-state index in [1.165, 1.54) is 17.1 Å². The van der Waals surface area contributed by atoms with E-state index in [2.05, 4.69) is 17.2 Å². The van der Waals surface area contributed by atoms with Gasteiger partial charge in [-0.2, -0.15) is 5.10 Å². The van der Waals surface area contributed by atoms with Crippen LogP contribution in [0.15, 0.2) is 120 Å². The molecule has 4 aromatic rings. The summed E-state index contributed by atoms with van der Waals surface area (Å²) in [6.07, 6.45) is 0.227. The predicted octanol–water partition coefficient (Wildman–Crippen LogP) is 6.59. The van der Waals surface area contributed by atoms with Crippen molar-refractivity contribution in [2.75, 3.05) is 6.54 Å². The van der Waals surface area contributed by atoms with Gasteiger partial charge in [-0.15, -0.1) is 0 Å². The molecular weight excluding hydrogens is 541 g/mol. The van der Waals surface area contributed by atoms with Gasteiger partial charge in [0.2, 0.25) is 0 Å². The zero-order valence-electron chi connectivity index (χ0n) is 24.5.